The molecule has 7 nitrogen and oxygen atoms in total. The molecule has 0 unspecified atom stereocenters. The average molecular weight is 534 g/mol. The summed E-state index contributed by atoms with van der Waals surface area (Å²) in [6, 6.07) is 6.96. The molecular formula is C16H7Cl4F3N4O3S. The Morgan fingerprint density at radius 1 is 0.968 bits per heavy atom. The van der Waals surface area contributed by atoms with Crippen LogP contribution in [0.3, 0.4) is 0 Å². The van der Waals surface area contributed by atoms with Crippen LogP contribution in [0.1, 0.15) is 16.2 Å². The molecule has 1 amide bonds. The third-order valence-electron chi connectivity index (χ3n) is 3.70. The largest absolute Gasteiger partial charge is 0.435 e. The molecular weight excluding hydrogens is 527 g/mol. The first kappa shape index (κ1) is 23.6. The number of halogens is 7. The first-order valence-corrected chi connectivity index (χ1v) is 10.8. The summed E-state index contributed by atoms with van der Waals surface area (Å²) in [6.45, 7) is 0. The second-order valence-corrected chi connectivity index (χ2v) is 9.14. The van der Waals surface area contributed by atoms with Crippen molar-refractivity contribution in [1.29, 1.82) is 0 Å². The van der Waals surface area contributed by atoms with Crippen molar-refractivity contribution in [3.05, 3.63) is 67.9 Å². The lowest BCUT2D eigenvalue weighted by Crippen LogP contribution is -2.33. The number of carbonyl (C=O) groups excluding carboxylic acids is 1. The smallest absolute Gasteiger partial charge is 0.266 e. The predicted molar refractivity (Wildman–Crippen MR) is 107 cm³/mol. The highest BCUT2D eigenvalue weighted by atomic mass is 35.5. The van der Waals surface area contributed by atoms with E-state index in [1.807, 2.05) is 0 Å². The van der Waals surface area contributed by atoms with Crippen LogP contribution < -0.4 is 4.72 Å². The zero-order valence-electron chi connectivity index (χ0n) is 14.6. The van der Waals surface area contributed by atoms with Gasteiger partial charge in [-0.3, -0.25) is 4.79 Å². The van der Waals surface area contributed by atoms with Crippen molar-refractivity contribution < 1.29 is 26.4 Å². The van der Waals surface area contributed by atoms with Gasteiger partial charge < -0.3 is 0 Å². The average Bonchev–Trinajstić information content (AvgIpc) is 3.11. The predicted octanol–water partition coefficient (Wildman–Crippen LogP) is 5.02. The second kappa shape index (κ2) is 8.47. The molecule has 0 radical (unpaired) electrons. The van der Waals surface area contributed by atoms with E-state index in [-0.39, 0.29) is 30.5 Å². The summed E-state index contributed by atoms with van der Waals surface area (Å²) in [7, 11) is -4.70. The Kier molecular flexibility index (Phi) is 6.45. The molecule has 3 rings (SSSR count). The summed E-state index contributed by atoms with van der Waals surface area (Å²) in [5.41, 5.74) is -3.30. The highest BCUT2D eigenvalue weighted by molar-refractivity contribution is 7.90. The molecule has 1 N–H and O–H groups in total. The first-order chi connectivity index (χ1) is 14.3. The number of rotatable bonds is 4. The van der Waals surface area contributed by atoms with Crippen LogP contribution in [0.15, 0.2) is 41.3 Å². The van der Waals surface area contributed by atoms with Crippen molar-refractivity contribution in [2.75, 3.05) is 0 Å². The lowest BCUT2D eigenvalue weighted by atomic mass is 10.2. The van der Waals surface area contributed by atoms with Crippen LogP contribution in [0.2, 0.25) is 20.1 Å². The molecule has 2 aromatic carbocycles. The number of carbonyl (C=O) groups is 1. The van der Waals surface area contributed by atoms with E-state index in [9.17, 15) is 26.4 Å². The zero-order valence-corrected chi connectivity index (χ0v) is 18.4. The molecule has 0 saturated carbocycles. The monoisotopic (exact) mass is 532 g/mol. The number of aromatic nitrogens is 3. The molecule has 0 spiro atoms. The molecule has 0 bridgehead atoms. The maximum absolute atomic E-state index is 13.7. The van der Waals surface area contributed by atoms with Crippen LogP contribution in [0.5, 0.6) is 0 Å². The number of benzene rings is 2. The summed E-state index contributed by atoms with van der Waals surface area (Å²) in [5, 5.41) is 6.03. The molecule has 0 atom stereocenters. The summed E-state index contributed by atoms with van der Waals surface area (Å²) >= 11 is 23.3. The standard InChI is InChI=1S/C16H7Cl4F3N4O3S/c17-7-1-3-9(19)11(5-7)27-14(16(21,22)23)13(24-26-27)15(28)25-31(29,30)12-6-8(18)2-4-10(12)20/h1-6H,(H,25,28). The van der Waals surface area contributed by atoms with Crippen LogP contribution in [-0.2, 0) is 16.2 Å². The van der Waals surface area contributed by atoms with E-state index in [4.69, 9.17) is 46.4 Å². The van der Waals surface area contributed by atoms with Gasteiger partial charge in [-0.05, 0) is 36.4 Å². The molecule has 31 heavy (non-hydrogen) atoms. The fourth-order valence-corrected chi connectivity index (χ4v) is 4.49. The van der Waals surface area contributed by atoms with Crippen molar-refractivity contribution in [1.82, 2.24) is 19.7 Å². The quantitative estimate of drug-likeness (QED) is 0.508. The van der Waals surface area contributed by atoms with Gasteiger partial charge in [0.2, 0.25) is 0 Å². The van der Waals surface area contributed by atoms with Gasteiger partial charge in [-0.25, -0.2) is 17.8 Å². The van der Waals surface area contributed by atoms with Crippen LogP contribution in [0.4, 0.5) is 13.2 Å². The van der Waals surface area contributed by atoms with Gasteiger partial charge in [0, 0.05) is 10.0 Å². The van der Waals surface area contributed by atoms with Crippen LogP contribution in [0, 0.1) is 0 Å². The van der Waals surface area contributed by atoms with Gasteiger partial charge in [0.25, 0.3) is 15.9 Å². The van der Waals surface area contributed by atoms with E-state index in [1.165, 1.54) is 22.9 Å². The lowest BCUT2D eigenvalue weighted by molar-refractivity contribution is -0.143. The summed E-state index contributed by atoms with van der Waals surface area (Å²) in [5.74, 6) is -1.70. The molecule has 164 valence electrons. The number of hydrogen-bond donors (Lipinski definition) is 1. The molecule has 1 heterocycles. The van der Waals surface area contributed by atoms with Gasteiger partial charge in [0.1, 0.15) is 4.90 Å². The van der Waals surface area contributed by atoms with E-state index < -0.39 is 38.4 Å². The number of sulfonamides is 1. The number of amides is 1. The number of alkyl halides is 3. The van der Waals surface area contributed by atoms with Crippen molar-refractivity contribution in [2.45, 2.75) is 11.1 Å². The van der Waals surface area contributed by atoms with Crippen molar-refractivity contribution >= 4 is 62.3 Å². The van der Waals surface area contributed by atoms with Crippen molar-refractivity contribution in [3.8, 4) is 5.69 Å². The van der Waals surface area contributed by atoms with Crippen molar-refractivity contribution in [3.63, 3.8) is 0 Å². The molecule has 0 saturated heterocycles. The Balaban J connectivity index is 2.09. The molecule has 3 aromatic rings. The summed E-state index contributed by atoms with van der Waals surface area (Å²) in [4.78, 5) is 11.8. The zero-order chi connectivity index (χ0) is 23.1. The van der Waals surface area contributed by atoms with Gasteiger partial charge in [-0.2, -0.15) is 13.2 Å². The van der Waals surface area contributed by atoms with E-state index in [0.717, 1.165) is 18.2 Å². The van der Waals surface area contributed by atoms with Gasteiger partial charge in [-0.15, -0.1) is 5.10 Å². The number of hydrogen-bond acceptors (Lipinski definition) is 5. The highest BCUT2D eigenvalue weighted by Crippen LogP contribution is 2.35. The Morgan fingerprint density at radius 2 is 1.55 bits per heavy atom. The van der Waals surface area contributed by atoms with Crippen LogP contribution >= 0.6 is 46.4 Å². The SMILES string of the molecule is O=C(NS(=O)(=O)c1cc(Cl)ccc1Cl)c1nnn(-c2cc(Cl)ccc2Cl)c1C(F)(F)F. The molecule has 0 aliphatic carbocycles. The fourth-order valence-electron chi connectivity index (χ4n) is 2.41. The summed E-state index contributed by atoms with van der Waals surface area (Å²) in [6.07, 6.45) is -5.17. The van der Waals surface area contributed by atoms with Gasteiger partial charge >= 0.3 is 6.18 Å². The minimum atomic E-state index is -5.17. The molecule has 0 aliphatic heterocycles. The Labute approximate surface area is 192 Å². The Morgan fingerprint density at radius 3 is 2.16 bits per heavy atom. The summed E-state index contributed by atoms with van der Waals surface area (Å²) < 4.78 is 67.9. The van der Waals surface area contributed by atoms with E-state index in [2.05, 4.69) is 10.3 Å². The van der Waals surface area contributed by atoms with E-state index in [0.29, 0.717) is 0 Å². The maximum atomic E-state index is 13.7. The molecule has 0 aliphatic rings. The van der Waals surface area contributed by atoms with Crippen LogP contribution in [-0.4, -0.2) is 29.3 Å². The first-order valence-electron chi connectivity index (χ1n) is 7.82. The molecule has 15 heteroatoms. The molecule has 1 aromatic heterocycles. The van der Waals surface area contributed by atoms with E-state index in [1.54, 1.807) is 0 Å². The van der Waals surface area contributed by atoms with Gasteiger partial charge in [0.05, 0.1) is 15.7 Å². The van der Waals surface area contributed by atoms with E-state index >= 15 is 0 Å². The Bertz CT molecular complexity index is 1300. The highest BCUT2D eigenvalue weighted by Gasteiger charge is 2.43. The number of nitrogens with one attached hydrogen (secondary N) is 1. The topological polar surface area (TPSA) is 93.9 Å². The van der Waals surface area contributed by atoms with Gasteiger partial charge in [-0.1, -0.05) is 51.6 Å². The molecule has 0 fully saturated rings. The normalized spacial score (nSPS) is 12.1. The number of nitrogens with zero attached hydrogens (tertiary/aromatic N) is 3. The fraction of sp³-hybridized carbons (Fsp3) is 0.0625. The third-order valence-corrected chi connectivity index (χ3v) is 6.30. The van der Waals surface area contributed by atoms with Gasteiger partial charge in [0.15, 0.2) is 11.4 Å². The third kappa shape index (κ3) is 4.90. The van der Waals surface area contributed by atoms with Crippen LogP contribution in [0.25, 0.3) is 5.69 Å². The minimum Gasteiger partial charge on any atom is -0.266 e. The van der Waals surface area contributed by atoms with Crippen molar-refractivity contribution in [2.24, 2.45) is 0 Å². The lowest BCUT2D eigenvalue weighted by Gasteiger charge is -2.13. The minimum absolute atomic E-state index is 0.0326. The second-order valence-electron chi connectivity index (χ2n) is 5.80. The Hall–Kier alpha value is -2.05. The maximum Gasteiger partial charge on any atom is 0.435 e.